The molecule has 0 radical (unpaired) electrons. The molecule has 0 aliphatic rings. The molecule has 0 saturated heterocycles. The molecule has 0 unspecified atom stereocenters. The van der Waals surface area contributed by atoms with E-state index in [4.69, 9.17) is 0 Å². The molecule has 0 aromatic heterocycles. The summed E-state index contributed by atoms with van der Waals surface area (Å²) >= 11 is 1.72. The SMILES string of the molecule is O[C@H](CCCc1ccccc1)CSc1ccccc1. The summed E-state index contributed by atoms with van der Waals surface area (Å²) in [5.41, 5.74) is 1.35. The van der Waals surface area contributed by atoms with E-state index in [9.17, 15) is 5.11 Å². The van der Waals surface area contributed by atoms with E-state index in [1.807, 2.05) is 24.3 Å². The summed E-state index contributed by atoms with van der Waals surface area (Å²) in [6.07, 6.45) is 2.75. The molecule has 0 saturated carbocycles. The number of aliphatic hydroxyl groups excluding tert-OH is 1. The number of thioether (sulfide) groups is 1. The molecule has 0 amide bonds. The first kappa shape index (κ1) is 14.2. The Hall–Kier alpha value is -1.25. The van der Waals surface area contributed by atoms with Gasteiger partial charge in [0.2, 0.25) is 0 Å². The fourth-order valence-electron chi connectivity index (χ4n) is 1.98. The van der Waals surface area contributed by atoms with Crippen molar-refractivity contribution in [2.75, 3.05) is 5.75 Å². The van der Waals surface area contributed by atoms with E-state index < -0.39 is 0 Å². The van der Waals surface area contributed by atoms with Crippen LogP contribution in [0.15, 0.2) is 65.6 Å². The Morgan fingerprint density at radius 2 is 1.53 bits per heavy atom. The van der Waals surface area contributed by atoms with Crippen LogP contribution in [-0.4, -0.2) is 17.0 Å². The molecule has 100 valence electrons. The summed E-state index contributed by atoms with van der Waals surface area (Å²) in [6.45, 7) is 0. The van der Waals surface area contributed by atoms with Crippen LogP contribution in [0.25, 0.3) is 0 Å². The lowest BCUT2D eigenvalue weighted by molar-refractivity contribution is 0.186. The van der Waals surface area contributed by atoms with Gasteiger partial charge in [-0.2, -0.15) is 0 Å². The highest BCUT2D eigenvalue weighted by Crippen LogP contribution is 2.19. The average Bonchev–Trinajstić information content (AvgIpc) is 2.47. The molecule has 0 fully saturated rings. The van der Waals surface area contributed by atoms with E-state index in [0.717, 1.165) is 25.0 Å². The smallest absolute Gasteiger partial charge is 0.0634 e. The van der Waals surface area contributed by atoms with Crippen molar-refractivity contribution in [3.63, 3.8) is 0 Å². The van der Waals surface area contributed by atoms with Gasteiger partial charge in [0.25, 0.3) is 0 Å². The molecule has 0 aliphatic heterocycles. The van der Waals surface area contributed by atoms with Crippen LogP contribution < -0.4 is 0 Å². The van der Waals surface area contributed by atoms with E-state index in [0.29, 0.717) is 0 Å². The second-order valence-electron chi connectivity index (χ2n) is 4.66. The second-order valence-corrected chi connectivity index (χ2v) is 5.75. The van der Waals surface area contributed by atoms with Gasteiger partial charge < -0.3 is 5.11 Å². The van der Waals surface area contributed by atoms with Gasteiger partial charge >= 0.3 is 0 Å². The van der Waals surface area contributed by atoms with Crippen molar-refractivity contribution in [2.45, 2.75) is 30.3 Å². The molecule has 0 heterocycles. The van der Waals surface area contributed by atoms with Crippen molar-refractivity contribution in [1.29, 1.82) is 0 Å². The fraction of sp³-hybridized carbons (Fsp3) is 0.294. The molecule has 1 N–H and O–H groups in total. The summed E-state index contributed by atoms with van der Waals surface area (Å²) in [5, 5.41) is 9.97. The number of hydrogen-bond donors (Lipinski definition) is 1. The Kier molecular flexibility index (Phi) is 5.99. The monoisotopic (exact) mass is 272 g/mol. The molecule has 1 nitrogen and oxygen atoms in total. The van der Waals surface area contributed by atoms with Crippen LogP contribution in [0.1, 0.15) is 18.4 Å². The molecule has 2 heteroatoms. The summed E-state index contributed by atoms with van der Waals surface area (Å²) in [5.74, 6) is 0.777. The standard InChI is InChI=1S/C17H20OS/c18-16(14-19-17-12-5-2-6-13-17)11-7-10-15-8-3-1-4-9-15/h1-6,8-9,12-13,16,18H,7,10-11,14H2/t16-/m1/s1. The van der Waals surface area contributed by atoms with Crippen molar-refractivity contribution in [1.82, 2.24) is 0 Å². The highest BCUT2D eigenvalue weighted by atomic mass is 32.2. The Morgan fingerprint density at radius 1 is 0.895 bits per heavy atom. The first-order chi connectivity index (χ1) is 9.34. The lowest BCUT2D eigenvalue weighted by atomic mass is 10.1. The summed E-state index contributed by atoms with van der Waals surface area (Å²) in [4.78, 5) is 1.23. The van der Waals surface area contributed by atoms with E-state index >= 15 is 0 Å². The Labute approximate surface area is 119 Å². The Morgan fingerprint density at radius 3 is 2.21 bits per heavy atom. The van der Waals surface area contributed by atoms with Crippen LogP contribution in [-0.2, 0) is 6.42 Å². The topological polar surface area (TPSA) is 20.2 Å². The zero-order valence-electron chi connectivity index (χ0n) is 11.0. The number of rotatable bonds is 7. The van der Waals surface area contributed by atoms with Crippen LogP contribution in [0.3, 0.4) is 0 Å². The van der Waals surface area contributed by atoms with Gasteiger partial charge in [0, 0.05) is 10.6 Å². The van der Waals surface area contributed by atoms with Gasteiger partial charge in [-0.25, -0.2) is 0 Å². The van der Waals surface area contributed by atoms with Gasteiger partial charge in [0.1, 0.15) is 0 Å². The molecule has 0 spiro atoms. The maximum absolute atomic E-state index is 9.97. The summed E-state index contributed by atoms with van der Waals surface area (Å²) < 4.78 is 0. The number of aryl methyl sites for hydroxylation is 1. The number of benzene rings is 2. The van der Waals surface area contributed by atoms with Crippen molar-refractivity contribution in [3.05, 3.63) is 66.2 Å². The van der Waals surface area contributed by atoms with Gasteiger partial charge in [0.05, 0.1) is 6.10 Å². The third-order valence-corrected chi connectivity index (χ3v) is 4.19. The first-order valence-corrected chi connectivity index (χ1v) is 7.73. The zero-order chi connectivity index (χ0) is 13.3. The van der Waals surface area contributed by atoms with Gasteiger partial charge in [-0.1, -0.05) is 48.5 Å². The van der Waals surface area contributed by atoms with Crippen molar-refractivity contribution in [2.24, 2.45) is 0 Å². The molecular formula is C17H20OS. The average molecular weight is 272 g/mol. The van der Waals surface area contributed by atoms with E-state index in [1.54, 1.807) is 11.8 Å². The normalized spacial score (nSPS) is 12.3. The molecule has 0 aliphatic carbocycles. The van der Waals surface area contributed by atoms with Gasteiger partial charge in [0.15, 0.2) is 0 Å². The molecule has 2 aromatic carbocycles. The van der Waals surface area contributed by atoms with E-state index in [-0.39, 0.29) is 6.10 Å². The van der Waals surface area contributed by atoms with Crippen molar-refractivity contribution in [3.8, 4) is 0 Å². The second kappa shape index (κ2) is 8.03. The van der Waals surface area contributed by atoms with Crippen LogP contribution in [0.5, 0.6) is 0 Å². The van der Waals surface area contributed by atoms with Gasteiger partial charge in [-0.3, -0.25) is 0 Å². The zero-order valence-corrected chi connectivity index (χ0v) is 11.9. The number of hydrogen-bond acceptors (Lipinski definition) is 2. The molecule has 0 bridgehead atoms. The van der Waals surface area contributed by atoms with Crippen LogP contribution in [0.2, 0.25) is 0 Å². The summed E-state index contributed by atoms with van der Waals surface area (Å²) in [6, 6.07) is 20.7. The quantitative estimate of drug-likeness (QED) is 0.764. The molecule has 2 aromatic rings. The summed E-state index contributed by atoms with van der Waals surface area (Å²) in [7, 11) is 0. The highest BCUT2D eigenvalue weighted by Gasteiger charge is 2.05. The maximum Gasteiger partial charge on any atom is 0.0634 e. The molecule has 1 atom stereocenters. The predicted octanol–water partition coefficient (Wildman–Crippen LogP) is 4.16. The predicted molar refractivity (Wildman–Crippen MR) is 82.6 cm³/mol. The number of aliphatic hydroxyl groups is 1. The minimum Gasteiger partial charge on any atom is -0.392 e. The van der Waals surface area contributed by atoms with Crippen LogP contribution in [0, 0.1) is 0 Å². The van der Waals surface area contributed by atoms with E-state index in [2.05, 4.69) is 36.4 Å². The fourth-order valence-corrected chi connectivity index (χ4v) is 2.88. The van der Waals surface area contributed by atoms with Crippen molar-refractivity contribution < 1.29 is 5.11 Å². The highest BCUT2D eigenvalue weighted by molar-refractivity contribution is 7.99. The van der Waals surface area contributed by atoms with Crippen LogP contribution in [0.4, 0.5) is 0 Å². The van der Waals surface area contributed by atoms with Gasteiger partial charge in [-0.05, 0) is 37.0 Å². The maximum atomic E-state index is 9.97. The minimum atomic E-state index is -0.214. The molecule has 19 heavy (non-hydrogen) atoms. The molecular weight excluding hydrogens is 252 g/mol. The lowest BCUT2D eigenvalue weighted by Crippen LogP contribution is -2.10. The Bertz CT molecular complexity index is 455. The van der Waals surface area contributed by atoms with Gasteiger partial charge in [-0.15, -0.1) is 11.8 Å². The minimum absolute atomic E-state index is 0.214. The molecule has 2 rings (SSSR count). The third kappa shape index (κ3) is 5.50. The lowest BCUT2D eigenvalue weighted by Gasteiger charge is -2.10. The van der Waals surface area contributed by atoms with Crippen LogP contribution >= 0.6 is 11.8 Å². The third-order valence-electron chi connectivity index (χ3n) is 3.03. The largest absolute Gasteiger partial charge is 0.392 e. The Balaban J connectivity index is 1.64. The first-order valence-electron chi connectivity index (χ1n) is 6.74. The van der Waals surface area contributed by atoms with E-state index in [1.165, 1.54) is 10.5 Å². The van der Waals surface area contributed by atoms with Crippen molar-refractivity contribution >= 4 is 11.8 Å².